The fourth-order valence-electron chi connectivity index (χ4n) is 3.17. The van der Waals surface area contributed by atoms with E-state index in [-0.39, 0.29) is 6.03 Å². The van der Waals surface area contributed by atoms with E-state index in [0.717, 1.165) is 36.7 Å². The molecule has 0 radical (unpaired) electrons. The molecule has 1 aromatic carbocycles. The summed E-state index contributed by atoms with van der Waals surface area (Å²) in [5.41, 5.74) is 3.72. The van der Waals surface area contributed by atoms with Crippen LogP contribution in [0.4, 0.5) is 4.79 Å². The molecular weight excluding hydrogens is 334 g/mol. The minimum Gasteiger partial charge on any atom is -0.337 e. The number of carbonyl (C=O) groups excluding carboxylic acids is 1. The zero-order chi connectivity index (χ0) is 17.1. The third kappa shape index (κ3) is 3.83. The molecule has 0 unspecified atom stereocenters. The van der Waals surface area contributed by atoms with Crippen molar-refractivity contribution in [2.24, 2.45) is 0 Å². The summed E-state index contributed by atoms with van der Waals surface area (Å²) in [7, 11) is 0. The quantitative estimate of drug-likeness (QED) is 0.738. The van der Waals surface area contributed by atoms with Crippen molar-refractivity contribution in [3.05, 3.63) is 58.9 Å². The molecule has 0 fully saturated rings. The molecule has 0 aliphatic carbocycles. The molecule has 7 heteroatoms. The Bertz CT molecular complexity index is 843. The summed E-state index contributed by atoms with van der Waals surface area (Å²) in [6, 6.07) is 8.45. The average molecular weight is 355 g/mol. The van der Waals surface area contributed by atoms with Crippen LogP contribution in [0.25, 0.3) is 4.96 Å². The number of nitrogens with one attached hydrogen (secondary N) is 2. The Morgan fingerprint density at radius 3 is 3.00 bits per heavy atom. The van der Waals surface area contributed by atoms with Crippen molar-refractivity contribution in [2.75, 3.05) is 19.6 Å². The van der Waals surface area contributed by atoms with Gasteiger partial charge in [0.25, 0.3) is 0 Å². The number of aromatic nitrogens is 2. The van der Waals surface area contributed by atoms with Gasteiger partial charge < -0.3 is 10.6 Å². The van der Waals surface area contributed by atoms with Crippen LogP contribution in [0.5, 0.6) is 0 Å². The number of imidazole rings is 1. The Hall–Kier alpha value is -2.38. The standard InChI is InChI=1S/C18H21N5OS/c24-17(20-11-16-13-23-9-10-25-18(23)21-16)19-6-8-22-7-5-14-3-1-2-4-15(14)12-22/h1-4,9-10,13H,5-8,11-12H2,(H2,19,20,24). The van der Waals surface area contributed by atoms with E-state index in [4.69, 9.17) is 0 Å². The first-order valence-electron chi connectivity index (χ1n) is 8.50. The van der Waals surface area contributed by atoms with Crippen molar-refractivity contribution in [1.29, 1.82) is 0 Å². The van der Waals surface area contributed by atoms with Gasteiger partial charge in [-0.2, -0.15) is 0 Å². The summed E-state index contributed by atoms with van der Waals surface area (Å²) >= 11 is 1.59. The van der Waals surface area contributed by atoms with E-state index in [1.807, 2.05) is 22.2 Å². The van der Waals surface area contributed by atoms with Gasteiger partial charge in [0, 0.05) is 44.0 Å². The number of carbonyl (C=O) groups is 1. The molecule has 3 heterocycles. The Morgan fingerprint density at radius 1 is 1.24 bits per heavy atom. The fourth-order valence-corrected chi connectivity index (χ4v) is 3.89. The molecule has 3 aromatic rings. The summed E-state index contributed by atoms with van der Waals surface area (Å²) in [5, 5.41) is 7.78. The zero-order valence-corrected chi connectivity index (χ0v) is 14.8. The number of rotatable bonds is 5. The van der Waals surface area contributed by atoms with E-state index in [1.165, 1.54) is 11.1 Å². The van der Waals surface area contributed by atoms with Gasteiger partial charge in [0.15, 0.2) is 4.96 Å². The minimum atomic E-state index is -0.145. The first-order chi connectivity index (χ1) is 12.3. The number of amides is 2. The maximum atomic E-state index is 11.9. The Labute approximate surface area is 150 Å². The van der Waals surface area contributed by atoms with E-state index in [1.54, 1.807) is 11.3 Å². The second-order valence-corrected chi connectivity index (χ2v) is 7.10. The van der Waals surface area contributed by atoms with Gasteiger partial charge in [0.05, 0.1) is 12.2 Å². The van der Waals surface area contributed by atoms with Crippen molar-refractivity contribution >= 4 is 22.3 Å². The van der Waals surface area contributed by atoms with Crippen LogP contribution in [-0.4, -0.2) is 39.9 Å². The Morgan fingerprint density at radius 2 is 2.12 bits per heavy atom. The van der Waals surface area contributed by atoms with Crippen LogP contribution in [0.2, 0.25) is 0 Å². The smallest absolute Gasteiger partial charge is 0.315 e. The van der Waals surface area contributed by atoms with Crippen LogP contribution < -0.4 is 10.6 Å². The molecular formula is C18H21N5OS. The largest absolute Gasteiger partial charge is 0.337 e. The molecule has 0 bridgehead atoms. The molecule has 2 N–H and O–H groups in total. The number of fused-ring (bicyclic) bond motifs is 2. The van der Waals surface area contributed by atoms with Gasteiger partial charge in [-0.3, -0.25) is 9.30 Å². The number of nitrogens with zero attached hydrogens (tertiary/aromatic N) is 3. The average Bonchev–Trinajstić information content (AvgIpc) is 3.21. The SMILES string of the molecule is O=C(NCCN1CCc2ccccc2C1)NCc1cn2ccsc2n1. The number of hydrogen-bond donors (Lipinski definition) is 2. The summed E-state index contributed by atoms with van der Waals surface area (Å²) in [6.45, 7) is 3.96. The van der Waals surface area contributed by atoms with E-state index in [0.29, 0.717) is 13.1 Å². The molecule has 4 rings (SSSR count). The summed E-state index contributed by atoms with van der Waals surface area (Å²) < 4.78 is 1.97. The Kier molecular flexibility index (Phi) is 4.67. The highest BCUT2D eigenvalue weighted by atomic mass is 32.1. The molecule has 1 aliphatic heterocycles. The summed E-state index contributed by atoms with van der Waals surface area (Å²) in [4.78, 5) is 19.7. The predicted octanol–water partition coefficient (Wildman–Crippen LogP) is 2.25. The maximum Gasteiger partial charge on any atom is 0.315 e. The number of urea groups is 1. The van der Waals surface area contributed by atoms with Crippen LogP contribution in [-0.2, 0) is 19.5 Å². The normalized spacial score (nSPS) is 14.4. The highest BCUT2D eigenvalue weighted by Gasteiger charge is 2.15. The lowest BCUT2D eigenvalue weighted by molar-refractivity contribution is 0.230. The van der Waals surface area contributed by atoms with Gasteiger partial charge >= 0.3 is 6.03 Å². The number of benzene rings is 1. The van der Waals surface area contributed by atoms with Gasteiger partial charge in [-0.15, -0.1) is 11.3 Å². The van der Waals surface area contributed by atoms with Crippen LogP contribution >= 0.6 is 11.3 Å². The van der Waals surface area contributed by atoms with Crippen molar-refractivity contribution < 1.29 is 4.79 Å². The van der Waals surface area contributed by atoms with Gasteiger partial charge in [0.1, 0.15) is 0 Å². The van der Waals surface area contributed by atoms with E-state index >= 15 is 0 Å². The third-order valence-electron chi connectivity index (χ3n) is 4.50. The van der Waals surface area contributed by atoms with Crippen molar-refractivity contribution in [1.82, 2.24) is 24.9 Å². The molecule has 0 saturated carbocycles. The van der Waals surface area contributed by atoms with Gasteiger partial charge in [-0.05, 0) is 17.5 Å². The lowest BCUT2D eigenvalue weighted by Gasteiger charge is -2.28. The molecule has 25 heavy (non-hydrogen) atoms. The molecule has 130 valence electrons. The molecule has 6 nitrogen and oxygen atoms in total. The molecule has 0 spiro atoms. The molecule has 0 atom stereocenters. The second kappa shape index (κ2) is 7.25. The highest BCUT2D eigenvalue weighted by molar-refractivity contribution is 7.15. The second-order valence-electron chi connectivity index (χ2n) is 6.23. The van der Waals surface area contributed by atoms with Crippen molar-refractivity contribution in [2.45, 2.75) is 19.5 Å². The molecule has 2 aromatic heterocycles. The predicted molar refractivity (Wildman–Crippen MR) is 98.7 cm³/mol. The molecule has 0 saturated heterocycles. The summed E-state index contributed by atoms with van der Waals surface area (Å²) in [5.74, 6) is 0. The first-order valence-corrected chi connectivity index (χ1v) is 9.38. The lowest BCUT2D eigenvalue weighted by atomic mass is 10.00. The van der Waals surface area contributed by atoms with Gasteiger partial charge in [0.2, 0.25) is 0 Å². The third-order valence-corrected chi connectivity index (χ3v) is 5.27. The van der Waals surface area contributed by atoms with E-state index in [2.05, 4.69) is 44.8 Å². The van der Waals surface area contributed by atoms with Crippen LogP contribution in [0.15, 0.2) is 42.0 Å². The highest BCUT2D eigenvalue weighted by Crippen LogP contribution is 2.17. The van der Waals surface area contributed by atoms with Gasteiger partial charge in [-0.25, -0.2) is 9.78 Å². The minimum absolute atomic E-state index is 0.145. The van der Waals surface area contributed by atoms with E-state index in [9.17, 15) is 4.79 Å². The van der Waals surface area contributed by atoms with Crippen LogP contribution in [0.3, 0.4) is 0 Å². The molecule has 1 aliphatic rings. The lowest BCUT2D eigenvalue weighted by Crippen LogP contribution is -2.41. The fraction of sp³-hybridized carbons (Fsp3) is 0.333. The maximum absolute atomic E-state index is 11.9. The summed E-state index contributed by atoms with van der Waals surface area (Å²) in [6.07, 6.45) is 4.99. The van der Waals surface area contributed by atoms with E-state index < -0.39 is 0 Å². The number of hydrogen-bond acceptors (Lipinski definition) is 4. The zero-order valence-electron chi connectivity index (χ0n) is 13.9. The number of thiazole rings is 1. The van der Waals surface area contributed by atoms with Crippen molar-refractivity contribution in [3.63, 3.8) is 0 Å². The van der Waals surface area contributed by atoms with Crippen LogP contribution in [0.1, 0.15) is 16.8 Å². The van der Waals surface area contributed by atoms with Gasteiger partial charge in [-0.1, -0.05) is 24.3 Å². The Balaban J connectivity index is 1.18. The first kappa shape index (κ1) is 16.1. The van der Waals surface area contributed by atoms with Crippen LogP contribution in [0, 0.1) is 0 Å². The topological polar surface area (TPSA) is 61.7 Å². The monoisotopic (exact) mass is 355 g/mol. The molecule has 2 amide bonds. The van der Waals surface area contributed by atoms with Crippen molar-refractivity contribution in [3.8, 4) is 0 Å².